The molecule has 0 aromatic carbocycles. The molecule has 2 fully saturated rings. The van der Waals surface area contributed by atoms with E-state index in [2.05, 4.69) is 60.3 Å². The lowest BCUT2D eigenvalue weighted by Crippen LogP contribution is -2.53. The summed E-state index contributed by atoms with van der Waals surface area (Å²) in [5.74, 6) is 1.86. The van der Waals surface area contributed by atoms with Gasteiger partial charge in [-0.3, -0.25) is 4.90 Å². The largest absolute Gasteiger partial charge is 0.294 e. The molecule has 94 valence electrons. The van der Waals surface area contributed by atoms with Gasteiger partial charge in [0.25, 0.3) is 0 Å². The third-order valence-corrected chi connectivity index (χ3v) is 4.96. The smallest absolute Gasteiger partial charge is 0.0186 e. The molecule has 1 saturated carbocycles. The van der Waals surface area contributed by atoms with Crippen LogP contribution in [0.1, 0.15) is 55.4 Å². The van der Waals surface area contributed by atoms with E-state index in [0.29, 0.717) is 16.4 Å². The molecule has 1 heterocycles. The molecule has 0 radical (unpaired) electrons. The first-order valence-corrected chi connectivity index (χ1v) is 6.74. The van der Waals surface area contributed by atoms with Crippen molar-refractivity contribution in [1.82, 2.24) is 4.90 Å². The predicted molar refractivity (Wildman–Crippen MR) is 70.5 cm³/mol. The van der Waals surface area contributed by atoms with Crippen molar-refractivity contribution in [3.63, 3.8) is 0 Å². The maximum Gasteiger partial charge on any atom is 0.0186 e. The molecule has 3 atom stereocenters. The molecule has 0 bridgehead atoms. The van der Waals surface area contributed by atoms with Crippen LogP contribution in [0.4, 0.5) is 0 Å². The molecule has 0 amide bonds. The van der Waals surface area contributed by atoms with Crippen LogP contribution in [0.15, 0.2) is 0 Å². The van der Waals surface area contributed by atoms with Gasteiger partial charge >= 0.3 is 0 Å². The zero-order valence-electron chi connectivity index (χ0n) is 12.4. The lowest BCUT2D eigenvalue weighted by molar-refractivity contribution is 0.0211. The summed E-state index contributed by atoms with van der Waals surface area (Å²) in [7, 11) is 0. The number of likely N-dealkylation sites (tertiary alicyclic amines) is 1. The summed E-state index contributed by atoms with van der Waals surface area (Å²) in [6, 6.07) is 0.757. The number of hydrogen-bond acceptors (Lipinski definition) is 1. The van der Waals surface area contributed by atoms with Crippen molar-refractivity contribution in [2.45, 2.75) is 67.0 Å². The van der Waals surface area contributed by atoms with Crippen LogP contribution in [0.3, 0.4) is 0 Å². The minimum Gasteiger partial charge on any atom is -0.294 e. The summed E-state index contributed by atoms with van der Waals surface area (Å²) in [5, 5.41) is 0. The molecular formula is C15H29N. The van der Waals surface area contributed by atoms with Crippen molar-refractivity contribution in [2.24, 2.45) is 22.7 Å². The van der Waals surface area contributed by atoms with E-state index in [1.54, 1.807) is 0 Å². The lowest BCUT2D eigenvalue weighted by Gasteiger charge is -2.46. The average molecular weight is 223 g/mol. The Morgan fingerprint density at radius 3 is 1.88 bits per heavy atom. The Morgan fingerprint density at radius 1 is 1.00 bits per heavy atom. The highest BCUT2D eigenvalue weighted by molar-refractivity contribution is 5.19. The van der Waals surface area contributed by atoms with E-state index in [-0.39, 0.29) is 0 Å². The molecule has 1 heteroatoms. The quantitative estimate of drug-likeness (QED) is 0.604. The summed E-state index contributed by atoms with van der Waals surface area (Å²) in [5.41, 5.74) is 1.32. The van der Waals surface area contributed by atoms with Crippen LogP contribution >= 0.6 is 0 Å². The van der Waals surface area contributed by atoms with Gasteiger partial charge in [0.2, 0.25) is 0 Å². The second kappa shape index (κ2) is 3.04. The predicted octanol–water partition coefficient (Wildman–Crippen LogP) is 3.79. The van der Waals surface area contributed by atoms with Crippen LogP contribution in [0.2, 0.25) is 0 Å². The van der Waals surface area contributed by atoms with Gasteiger partial charge in [0, 0.05) is 18.1 Å². The summed E-state index contributed by atoms with van der Waals surface area (Å²) < 4.78 is 0. The number of rotatable bonds is 0. The fourth-order valence-corrected chi connectivity index (χ4v) is 3.98. The van der Waals surface area contributed by atoms with Gasteiger partial charge in [-0.05, 0) is 43.4 Å². The normalized spacial score (nSPS) is 38.6. The van der Waals surface area contributed by atoms with E-state index in [1.165, 1.54) is 6.54 Å². The summed E-state index contributed by atoms with van der Waals surface area (Å²) in [4.78, 5) is 2.76. The average Bonchev–Trinajstić information content (AvgIpc) is 2.39. The Kier molecular flexibility index (Phi) is 2.36. The molecule has 1 aliphatic heterocycles. The van der Waals surface area contributed by atoms with Crippen LogP contribution < -0.4 is 0 Å². The van der Waals surface area contributed by atoms with Gasteiger partial charge in [0.15, 0.2) is 0 Å². The molecule has 0 N–H and O–H groups in total. The van der Waals surface area contributed by atoms with Crippen LogP contribution in [-0.4, -0.2) is 23.0 Å². The van der Waals surface area contributed by atoms with E-state index in [0.717, 1.165) is 17.9 Å². The Labute approximate surface area is 102 Å². The first kappa shape index (κ1) is 12.4. The highest BCUT2D eigenvalue weighted by Gasteiger charge is 2.69. The monoisotopic (exact) mass is 223 g/mol. The van der Waals surface area contributed by atoms with E-state index < -0.39 is 0 Å². The van der Waals surface area contributed by atoms with Crippen molar-refractivity contribution in [2.75, 3.05) is 6.54 Å². The van der Waals surface area contributed by atoms with Crippen LogP contribution in [-0.2, 0) is 0 Å². The van der Waals surface area contributed by atoms with Crippen LogP contribution in [0, 0.1) is 22.7 Å². The number of nitrogens with zero attached hydrogens (tertiary/aromatic N) is 1. The number of hydrogen-bond donors (Lipinski definition) is 0. The van der Waals surface area contributed by atoms with Gasteiger partial charge < -0.3 is 0 Å². The Hall–Kier alpha value is -0.0400. The van der Waals surface area contributed by atoms with Gasteiger partial charge in [-0.15, -0.1) is 0 Å². The van der Waals surface area contributed by atoms with Gasteiger partial charge in [-0.25, -0.2) is 0 Å². The van der Waals surface area contributed by atoms with Crippen LogP contribution in [0.25, 0.3) is 0 Å². The Bertz CT molecular complexity index is 290. The fraction of sp³-hybridized carbons (Fsp3) is 1.00. The summed E-state index contributed by atoms with van der Waals surface area (Å²) >= 11 is 0. The van der Waals surface area contributed by atoms with E-state index in [4.69, 9.17) is 0 Å². The van der Waals surface area contributed by atoms with Crippen molar-refractivity contribution in [1.29, 1.82) is 0 Å². The second-order valence-corrected chi connectivity index (χ2v) is 8.59. The first-order chi connectivity index (χ1) is 6.97. The standard InChI is InChI=1S/C15H29N/c1-13(2,3)12-11-10(15(11,7)8)9-16(12)14(4,5)6/h10-12H,9H2,1-8H3. The van der Waals surface area contributed by atoms with Gasteiger partial charge in [-0.2, -0.15) is 0 Å². The maximum absolute atomic E-state index is 2.76. The fourth-order valence-electron chi connectivity index (χ4n) is 3.98. The minimum atomic E-state index is 0.321. The molecule has 0 spiro atoms. The highest BCUT2D eigenvalue weighted by Crippen LogP contribution is 2.68. The van der Waals surface area contributed by atoms with Gasteiger partial charge in [-0.1, -0.05) is 34.6 Å². The van der Waals surface area contributed by atoms with E-state index in [1.807, 2.05) is 0 Å². The SMILES string of the molecule is CC(C)(C)C1C2C(CN1C(C)(C)C)C2(C)C. The molecule has 2 rings (SSSR count). The topological polar surface area (TPSA) is 3.24 Å². The lowest BCUT2D eigenvalue weighted by atomic mass is 9.79. The number of piperidine rings is 1. The molecular weight excluding hydrogens is 194 g/mol. The Morgan fingerprint density at radius 2 is 1.50 bits per heavy atom. The molecule has 1 nitrogen and oxygen atoms in total. The van der Waals surface area contributed by atoms with Crippen molar-refractivity contribution >= 4 is 0 Å². The molecule has 0 aromatic rings. The Balaban J connectivity index is 2.28. The van der Waals surface area contributed by atoms with Gasteiger partial charge in [0.1, 0.15) is 0 Å². The third kappa shape index (κ3) is 1.63. The number of fused-ring (bicyclic) bond motifs is 1. The molecule has 1 aliphatic carbocycles. The molecule has 3 unspecified atom stereocenters. The van der Waals surface area contributed by atoms with Crippen molar-refractivity contribution in [3.05, 3.63) is 0 Å². The second-order valence-electron chi connectivity index (χ2n) is 8.59. The molecule has 16 heavy (non-hydrogen) atoms. The van der Waals surface area contributed by atoms with E-state index >= 15 is 0 Å². The van der Waals surface area contributed by atoms with E-state index in [9.17, 15) is 0 Å². The molecule has 1 saturated heterocycles. The first-order valence-electron chi connectivity index (χ1n) is 6.74. The molecule has 2 aliphatic rings. The molecule has 0 aromatic heterocycles. The van der Waals surface area contributed by atoms with Crippen LogP contribution in [0.5, 0.6) is 0 Å². The summed E-state index contributed by atoms with van der Waals surface area (Å²) in [6.07, 6.45) is 0. The zero-order chi connectivity index (χ0) is 12.5. The van der Waals surface area contributed by atoms with Gasteiger partial charge in [0.05, 0.1) is 0 Å². The third-order valence-electron chi connectivity index (χ3n) is 4.96. The minimum absolute atomic E-state index is 0.321. The van der Waals surface area contributed by atoms with Crippen molar-refractivity contribution < 1.29 is 0 Å². The highest BCUT2D eigenvalue weighted by atomic mass is 15.3. The summed E-state index contributed by atoms with van der Waals surface area (Å²) in [6.45, 7) is 20.6. The zero-order valence-corrected chi connectivity index (χ0v) is 12.4. The van der Waals surface area contributed by atoms with Crippen molar-refractivity contribution in [3.8, 4) is 0 Å². The maximum atomic E-state index is 2.76.